The molecule has 3 rings (SSSR count). The minimum absolute atomic E-state index is 0. The lowest BCUT2D eigenvalue weighted by Gasteiger charge is -2.20. The van der Waals surface area contributed by atoms with Gasteiger partial charge in [-0.15, -0.1) is 12.4 Å². The van der Waals surface area contributed by atoms with E-state index < -0.39 is 0 Å². The minimum Gasteiger partial charge on any atom is -0.352 e. The molecule has 132 valence electrons. The highest BCUT2D eigenvalue weighted by Crippen LogP contribution is 2.32. The van der Waals surface area contributed by atoms with Crippen LogP contribution in [0.25, 0.3) is 0 Å². The molecule has 2 unspecified atom stereocenters. The van der Waals surface area contributed by atoms with Crippen molar-refractivity contribution in [1.29, 1.82) is 0 Å². The molecule has 24 heavy (non-hydrogen) atoms. The van der Waals surface area contributed by atoms with Crippen molar-refractivity contribution in [2.45, 2.75) is 38.8 Å². The standard InChI is InChI=1S/C18H25N3O2.ClH/c1-12-2-4-13(5-3-12)10-21-11-15(8-17(21)22)18(23)20-16(9-19)14-6-7-14;/h2-5,14-16H,6-11,19H2,1H3,(H,20,23);1H. The molecule has 6 heteroatoms. The van der Waals surface area contributed by atoms with Crippen LogP contribution in [0.15, 0.2) is 24.3 Å². The van der Waals surface area contributed by atoms with E-state index in [0.29, 0.717) is 32.0 Å². The van der Waals surface area contributed by atoms with E-state index in [-0.39, 0.29) is 36.2 Å². The fourth-order valence-corrected chi connectivity index (χ4v) is 3.18. The zero-order valence-electron chi connectivity index (χ0n) is 14.0. The van der Waals surface area contributed by atoms with Crippen molar-refractivity contribution >= 4 is 24.2 Å². The minimum atomic E-state index is -0.249. The fourth-order valence-electron chi connectivity index (χ4n) is 3.18. The second-order valence-corrected chi connectivity index (χ2v) is 6.85. The number of hydrogen-bond acceptors (Lipinski definition) is 3. The summed E-state index contributed by atoms with van der Waals surface area (Å²) in [6.07, 6.45) is 2.59. The van der Waals surface area contributed by atoms with Crippen LogP contribution in [-0.4, -0.2) is 35.8 Å². The zero-order valence-corrected chi connectivity index (χ0v) is 14.8. The largest absolute Gasteiger partial charge is 0.352 e. The van der Waals surface area contributed by atoms with E-state index in [1.165, 1.54) is 5.56 Å². The summed E-state index contributed by atoms with van der Waals surface area (Å²) in [4.78, 5) is 26.4. The van der Waals surface area contributed by atoms with Gasteiger partial charge in [-0.2, -0.15) is 0 Å². The maximum absolute atomic E-state index is 12.4. The van der Waals surface area contributed by atoms with E-state index in [9.17, 15) is 9.59 Å². The lowest BCUT2D eigenvalue weighted by Crippen LogP contribution is -2.45. The Morgan fingerprint density at radius 2 is 2.00 bits per heavy atom. The number of halogens is 1. The number of nitrogens with one attached hydrogen (secondary N) is 1. The molecule has 1 aromatic carbocycles. The summed E-state index contributed by atoms with van der Waals surface area (Å²) in [7, 11) is 0. The van der Waals surface area contributed by atoms with Gasteiger partial charge in [0, 0.05) is 32.1 Å². The van der Waals surface area contributed by atoms with Gasteiger partial charge in [-0.3, -0.25) is 9.59 Å². The fraction of sp³-hybridized carbons (Fsp3) is 0.556. The molecule has 0 spiro atoms. The molecule has 1 aromatic rings. The topological polar surface area (TPSA) is 75.4 Å². The van der Waals surface area contributed by atoms with Crippen molar-refractivity contribution in [2.75, 3.05) is 13.1 Å². The summed E-state index contributed by atoms with van der Waals surface area (Å²) >= 11 is 0. The first kappa shape index (κ1) is 18.7. The molecule has 2 fully saturated rings. The number of carbonyl (C=O) groups is 2. The first-order chi connectivity index (χ1) is 11.1. The third-order valence-electron chi connectivity index (χ3n) is 4.85. The Labute approximate surface area is 149 Å². The molecule has 1 aliphatic carbocycles. The van der Waals surface area contributed by atoms with Crippen molar-refractivity contribution in [3.05, 3.63) is 35.4 Å². The van der Waals surface area contributed by atoms with Crippen LogP contribution in [0.4, 0.5) is 0 Å². The maximum atomic E-state index is 12.4. The molecule has 2 atom stereocenters. The van der Waals surface area contributed by atoms with Crippen LogP contribution in [0.3, 0.4) is 0 Å². The molecule has 0 radical (unpaired) electrons. The number of amides is 2. The predicted molar refractivity (Wildman–Crippen MR) is 95.7 cm³/mol. The van der Waals surface area contributed by atoms with Crippen LogP contribution in [0.1, 0.15) is 30.4 Å². The van der Waals surface area contributed by atoms with E-state index in [4.69, 9.17) is 5.73 Å². The Kier molecular flexibility index (Phi) is 6.24. The number of hydrogen-bond donors (Lipinski definition) is 2. The van der Waals surface area contributed by atoms with E-state index in [1.54, 1.807) is 4.90 Å². The summed E-state index contributed by atoms with van der Waals surface area (Å²) in [5.74, 6) is 0.319. The third kappa shape index (κ3) is 4.48. The Morgan fingerprint density at radius 1 is 1.33 bits per heavy atom. The van der Waals surface area contributed by atoms with E-state index in [0.717, 1.165) is 18.4 Å². The molecule has 2 amide bonds. The van der Waals surface area contributed by atoms with E-state index in [1.807, 2.05) is 31.2 Å². The molecule has 0 aromatic heterocycles. The monoisotopic (exact) mass is 351 g/mol. The van der Waals surface area contributed by atoms with Crippen LogP contribution in [0.5, 0.6) is 0 Å². The number of likely N-dealkylation sites (tertiary alicyclic amines) is 1. The quantitative estimate of drug-likeness (QED) is 0.817. The Bertz CT molecular complexity index is 586. The van der Waals surface area contributed by atoms with Gasteiger partial charge in [-0.05, 0) is 31.2 Å². The van der Waals surface area contributed by atoms with Gasteiger partial charge in [0.15, 0.2) is 0 Å². The average molecular weight is 352 g/mol. The molecule has 0 bridgehead atoms. The first-order valence-corrected chi connectivity index (χ1v) is 8.40. The number of benzene rings is 1. The van der Waals surface area contributed by atoms with Gasteiger partial charge in [0.2, 0.25) is 11.8 Å². The molecular formula is C18H26ClN3O2. The Balaban J connectivity index is 0.00000208. The summed E-state index contributed by atoms with van der Waals surface area (Å²) in [6, 6.07) is 8.23. The number of aryl methyl sites for hydroxylation is 1. The van der Waals surface area contributed by atoms with Gasteiger partial charge in [0.25, 0.3) is 0 Å². The van der Waals surface area contributed by atoms with Crippen LogP contribution >= 0.6 is 12.4 Å². The van der Waals surface area contributed by atoms with Crippen molar-refractivity contribution in [3.8, 4) is 0 Å². The molecule has 2 aliphatic rings. The van der Waals surface area contributed by atoms with Gasteiger partial charge >= 0.3 is 0 Å². The molecule has 5 nitrogen and oxygen atoms in total. The van der Waals surface area contributed by atoms with Gasteiger partial charge in [-0.25, -0.2) is 0 Å². The van der Waals surface area contributed by atoms with Crippen LogP contribution in [-0.2, 0) is 16.1 Å². The summed E-state index contributed by atoms with van der Waals surface area (Å²) in [6.45, 7) is 3.59. The Morgan fingerprint density at radius 3 is 2.58 bits per heavy atom. The van der Waals surface area contributed by atoms with Gasteiger partial charge in [0.1, 0.15) is 0 Å². The van der Waals surface area contributed by atoms with Crippen LogP contribution in [0, 0.1) is 18.8 Å². The van der Waals surface area contributed by atoms with E-state index >= 15 is 0 Å². The molecule has 1 saturated carbocycles. The van der Waals surface area contributed by atoms with Crippen LogP contribution < -0.4 is 11.1 Å². The zero-order chi connectivity index (χ0) is 16.4. The lowest BCUT2D eigenvalue weighted by atomic mass is 10.1. The van der Waals surface area contributed by atoms with Gasteiger partial charge < -0.3 is 16.0 Å². The summed E-state index contributed by atoms with van der Waals surface area (Å²) in [5.41, 5.74) is 8.04. The third-order valence-corrected chi connectivity index (χ3v) is 4.85. The summed E-state index contributed by atoms with van der Waals surface area (Å²) < 4.78 is 0. The average Bonchev–Trinajstić information content (AvgIpc) is 3.31. The van der Waals surface area contributed by atoms with Crippen molar-refractivity contribution < 1.29 is 9.59 Å². The number of carbonyl (C=O) groups excluding carboxylic acids is 2. The predicted octanol–water partition coefficient (Wildman–Crippen LogP) is 1.62. The van der Waals surface area contributed by atoms with E-state index in [2.05, 4.69) is 5.32 Å². The number of nitrogens with two attached hydrogens (primary N) is 1. The second-order valence-electron chi connectivity index (χ2n) is 6.85. The highest BCUT2D eigenvalue weighted by Gasteiger charge is 2.37. The lowest BCUT2D eigenvalue weighted by molar-refractivity contribution is -0.129. The second kappa shape index (κ2) is 7.99. The van der Waals surface area contributed by atoms with Gasteiger partial charge in [0.05, 0.1) is 5.92 Å². The van der Waals surface area contributed by atoms with Crippen LogP contribution in [0.2, 0.25) is 0 Å². The molecular weight excluding hydrogens is 326 g/mol. The maximum Gasteiger partial charge on any atom is 0.225 e. The molecule has 1 aliphatic heterocycles. The van der Waals surface area contributed by atoms with Crippen molar-refractivity contribution in [2.24, 2.45) is 17.6 Å². The Hall–Kier alpha value is -1.59. The molecule has 1 saturated heterocycles. The van der Waals surface area contributed by atoms with Gasteiger partial charge in [-0.1, -0.05) is 29.8 Å². The SMILES string of the molecule is Cc1ccc(CN2CC(C(=O)NC(CN)C3CC3)CC2=O)cc1.Cl. The van der Waals surface area contributed by atoms with Crippen molar-refractivity contribution in [3.63, 3.8) is 0 Å². The normalized spacial score (nSPS) is 21.3. The van der Waals surface area contributed by atoms with Crippen molar-refractivity contribution in [1.82, 2.24) is 10.2 Å². The molecule has 1 heterocycles. The number of nitrogens with zero attached hydrogens (tertiary/aromatic N) is 1. The number of rotatable bonds is 6. The first-order valence-electron chi connectivity index (χ1n) is 8.40. The summed E-state index contributed by atoms with van der Waals surface area (Å²) in [5, 5.41) is 3.04. The smallest absolute Gasteiger partial charge is 0.225 e. The highest BCUT2D eigenvalue weighted by molar-refractivity contribution is 5.89. The molecule has 3 N–H and O–H groups in total. The highest BCUT2D eigenvalue weighted by atomic mass is 35.5.